The molecule has 0 aliphatic carbocycles. The molecule has 7 N–H and O–H groups in total. The minimum atomic E-state index is -4.79. The normalized spacial score (nSPS) is 11.7. The number of amidine groups is 1. The van der Waals surface area contributed by atoms with Crippen LogP contribution in [0.25, 0.3) is 0 Å². The smallest absolute Gasteiger partial charge is 0.405 e. The van der Waals surface area contributed by atoms with Crippen molar-refractivity contribution in [3.8, 4) is 0 Å². The minimum absolute atomic E-state index is 0.0560. The molecular formula is C19H15F3N8O3. The first-order valence-corrected chi connectivity index (χ1v) is 8.90. The standard InChI is InChI=1S/C19H15F3N8O3/c20-19(21,22)14-7-13(30-33-14)17(31)29-15-3-1-2-12(28-15)16(25)32-18(26)27-10-4-5-11(24)9(6-10)8-23/h1-8,23,25H,24H2,(H2,26,27)(H,28,29,31). The van der Waals surface area contributed by atoms with Gasteiger partial charge in [0.2, 0.25) is 11.7 Å². The third kappa shape index (κ3) is 5.69. The number of nitrogens with one attached hydrogen (secondary N) is 3. The van der Waals surface area contributed by atoms with Gasteiger partial charge in [0.25, 0.3) is 11.9 Å². The quantitative estimate of drug-likeness (QED) is 0.220. The number of anilines is 2. The predicted octanol–water partition coefficient (Wildman–Crippen LogP) is 2.91. The third-order valence-electron chi connectivity index (χ3n) is 3.92. The molecule has 0 atom stereocenters. The molecule has 0 spiro atoms. The van der Waals surface area contributed by atoms with Crippen molar-refractivity contribution in [3.63, 3.8) is 0 Å². The number of rotatable bonds is 5. The summed E-state index contributed by atoms with van der Waals surface area (Å²) in [6.45, 7) is 0. The number of aromatic nitrogens is 2. The molecule has 170 valence electrons. The van der Waals surface area contributed by atoms with Gasteiger partial charge in [-0.3, -0.25) is 10.2 Å². The van der Waals surface area contributed by atoms with Crippen LogP contribution in [0.2, 0.25) is 0 Å². The molecule has 0 bridgehead atoms. The van der Waals surface area contributed by atoms with Crippen LogP contribution < -0.4 is 16.8 Å². The second kappa shape index (κ2) is 9.17. The lowest BCUT2D eigenvalue weighted by atomic mass is 10.2. The molecule has 2 heterocycles. The first kappa shape index (κ1) is 22.9. The van der Waals surface area contributed by atoms with Gasteiger partial charge in [-0.1, -0.05) is 11.2 Å². The summed E-state index contributed by atoms with van der Waals surface area (Å²) in [4.78, 5) is 20.0. The maximum atomic E-state index is 12.6. The largest absolute Gasteiger partial charge is 0.452 e. The van der Waals surface area contributed by atoms with Crippen molar-refractivity contribution in [1.82, 2.24) is 10.1 Å². The summed E-state index contributed by atoms with van der Waals surface area (Å²) in [5.74, 6) is -3.03. The van der Waals surface area contributed by atoms with Crippen LogP contribution in [0.5, 0.6) is 0 Å². The second-order valence-corrected chi connectivity index (χ2v) is 6.28. The Morgan fingerprint density at radius 3 is 2.64 bits per heavy atom. The van der Waals surface area contributed by atoms with Gasteiger partial charge in [0.05, 0.1) is 5.69 Å². The number of carbonyl (C=O) groups excluding carboxylic acids is 1. The van der Waals surface area contributed by atoms with Gasteiger partial charge in [0, 0.05) is 23.5 Å². The summed E-state index contributed by atoms with van der Waals surface area (Å²) in [5, 5.41) is 20.6. The van der Waals surface area contributed by atoms with Crippen LogP contribution in [-0.4, -0.2) is 34.2 Å². The van der Waals surface area contributed by atoms with Gasteiger partial charge in [-0.15, -0.1) is 0 Å². The number of ether oxygens (including phenoxy) is 1. The summed E-state index contributed by atoms with van der Waals surface area (Å²) in [7, 11) is 0. The molecule has 0 saturated heterocycles. The number of halogens is 3. The zero-order chi connectivity index (χ0) is 24.2. The SMILES string of the molecule is N=Cc1cc(N=C(N)OC(=N)c2cccc(NC(=O)c3cc(C(F)(F)F)on3)n2)ccc1N. The van der Waals surface area contributed by atoms with Crippen molar-refractivity contribution in [2.24, 2.45) is 10.7 Å². The van der Waals surface area contributed by atoms with Gasteiger partial charge in [-0.05, 0) is 30.3 Å². The van der Waals surface area contributed by atoms with E-state index in [0.29, 0.717) is 23.0 Å². The summed E-state index contributed by atoms with van der Waals surface area (Å²) in [6.07, 6.45) is -3.74. The first-order chi connectivity index (χ1) is 15.6. The number of nitrogens with two attached hydrogens (primary N) is 2. The summed E-state index contributed by atoms with van der Waals surface area (Å²) >= 11 is 0. The molecule has 0 aliphatic rings. The van der Waals surface area contributed by atoms with Crippen LogP contribution in [0.15, 0.2) is 52.0 Å². The van der Waals surface area contributed by atoms with Gasteiger partial charge in [0.1, 0.15) is 11.5 Å². The molecule has 1 aromatic carbocycles. The summed E-state index contributed by atoms with van der Waals surface area (Å²) < 4.78 is 47.0. The van der Waals surface area contributed by atoms with E-state index in [1.807, 2.05) is 0 Å². The van der Waals surface area contributed by atoms with Crippen LogP contribution in [0, 0.1) is 10.8 Å². The van der Waals surface area contributed by atoms with E-state index in [1.165, 1.54) is 36.4 Å². The maximum Gasteiger partial charge on any atom is 0.452 e. The Kier molecular flexibility index (Phi) is 6.37. The zero-order valence-electron chi connectivity index (χ0n) is 16.5. The summed E-state index contributed by atoms with van der Waals surface area (Å²) in [5.41, 5.74) is 11.9. The number of carbonyl (C=O) groups is 1. The zero-order valence-corrected chi connectivity index (χ0v) is 16.5. The molecule has 11 nitrogen and oxygen atoms in total. The van der Waals surface area contributed by atoms with E-state index < -0.39 is 35.5 Å². The number of nitrogens with zero attached hydrogens (tertiary/aromatic N) is 3. The van der Waals surface area contributed by atoms with E-state index in [2.05, 4.69) is 25.0 Å². The van der Waals surface area contributed by atoms with Gasteiger partial charge in [-0.25, -0.2) is 4.98 Å². The van der Waals surface area contributed by atoms with E-state index in [-0.39, 0.29) is 11.5 Å². The molecule has 0 radical (unpaired) electrons. The van der Waals surface area contributed by atoms with Crippen molar-refractivity contribution in [3.05, 3.63) is 65.2 Å². The van der Waals surface area contributed by atoms with E-state index in [0.717, 1.165) is 6.21 Å². The Balaban J connectivity index is 1.69. The van der Waals surface area contributed by atoms with Crippen molar-refractivity contribution in [2.45, 2.75) is 6.18 Å². The average molecular weight is 460 g/mol. The number of alkyl halides is 3. The predicted molar refractivity (Wildman–Crippen MR) is 112 cm³/mol. The van der Waals surface area contributed by atoms with Crippen molar-refractivity contribution in [1.29, 1.82) is 10.8 Å². The number of hydrogen-bond donors (Lipinski definition) is 5. The van der Waals surface area contributed by atoms with E-state index >= 15 is 0 Å². The average Bonchev–Trinajstić information content (AvgIpc) is 3.26. The lowest BCUT2D eigenvalue weighted by molar-refractivity contribution is -0.155. The van der Waals surface area contributed by atoms with Crippen LogP contribution in [0.3, 0.4) is 0 Å². The van der Waals surface area contributed by atoms with Gasteiger partial charge < -0.3 is 31.5 Å². The third-order valence-corrected chi connectivity index (χ3v) is 3.92. The number of pyridine rings is 1. The lowest BCUT2D eigenvalue weighted by Gasteiger charge is -2.08. The molecule has 33 heavy (non-hydrogen) atoms. The fraction of sp³-hybridized carbons (Fsp3) is 0.0526. The van der Waals surface area contributed by atoms with E-state index in [1.54, 1.807) is 0 Å². The van der Waals surface area contributed by atoms with Crippen molar-refractivity contribution in [2.75, 3.05) is 11.1 Å². The number of hydrogen-bond acceptors (Lipinski definition) is 9. The highest BCUT2D eigenvalue weighted by Crippen LogP contribution is 2.29. The van der Waals surface area contributed by atoms with Crippen molar-refractivity contribution < 1.29 is 27.2 Å². The van der Waals surface area contributed by atoms with E-state index in [4.69, 9.17) is 27.0 Å². The Morgan fingerprint density at radius 2 is 1.97 bits per heavy atom. The van der Waals surface area contributed by atoms with Crippen LogP contribution >= 0.6 is 0 Å². The highest BCUT2D eigenvalue weighted by Gasteiger charge is 2.36. The molecule has 0 saturated carbocycles. The highest BCUT2D eigenvalue weighted by molar-refractivity contribution is 6.03. The molecule has 3 aromatic rings. The number of amides is 1. The van der Waals surface area contributed by atoms with Crippen LogP contribution in [0.4, 0.5) is 30.4 Å². The molecular weight excluding hydrogens is 445 g/mol. The van der Waals surface area contributed by atoms with Crippen molar-refractivity contribution >= 4 is 41.2 Å². The van der Waals surface area contributed by atoms with Gasteiger partial charge in [0.15, 0.2) is 5.69 Å². The number of aliphatic imine (C=N–C) groups is 1. The Bertz CT molecular complexity index is 1250. The second-order valence-electron chi connectivity index (χ2n) is 6.28. The first-order valence-electron chi connectivity index (χ1n) is 8.90. The molecule has 0 fully saturated rings. The molecule has 14 heteroatoms. The molecule has 1 amide bonds. The number of nitrogen functional groups attached to an aromatic ring is 1. The Hall–Kier alpha value is -4.75. The molecule has 0 unspecified atom stereocenters. The Labute approximate surface area is 183 Å². The van der Waals surface area contributed by atoms with Gasteiger partial charge in [-0.2, -0.15) is 18.2 Å². The Morgan fingerprint density at radius 1 is 1.21 bits per heavy atom. The fourth-order valence-electron chi connectivity index (χ4n) is 2.39. The lowest BCUT2D eigenvalue weighted by Crippen LogP contribution is -2.22. The van der Waals surface area contributed by atoms with E-state index in [9.17, 15) is 18.0 Å². The fourth-order valence-corrected chi connectivity index (χ4v) is 2.39. The molecule has 0 aliphatic heterocycles. The summed E-state index contributed by atoms with van der Waals surface area (Å²) in [6, 6.07) is 8.72. The minimum Gasteiger partial charge on any atom is -0.405 e. The van der Waals surface area contributed by atoms with Gasteiger partial charge >= 0.3 is 6.18 Å². The highest BCUT2D eigenvalue weighted by atomic mass is 19.4. The molecule has 2 aromatic heterocycles. The monoisotopic (exact) mass is 460 g/mol. The number of benzene rings is 1. The van der Waals surface area contributed by atoms with Crippen LogP contribution in [0.1, 0.15) is 27.5 Å². The molecule has 3 rings (SSSR count). The maximum absolute atomic E-state index is 12.6. The van der Waals surface area contributed by atoms with Crippen LogP contribution in [-0.2, 0) is 10.9 Å². The topological polar surface area (TPSA) is 189 Å².